The predicted octanol–water partition coefficient (Wildman–Crippen LogP) is 21.0. The number of nitrogens with one attached hydrogen (secondary N) is 1. The van der Waals surface area contributed by atoms with E-state index >= 15 is 0 Å². The van der Waals surface area contributed by atoms with E-state index in [0.29, 0.717) is 54.8 Å². The van der Waals surface area contributed by atoms with Crippen LogP contribution in [0.25, 0.3) is 0 Å². The molecule has 8 aromatic rings. The topological polar surface area (TPSA) is 83.8 Å². The van der Waals surface area contributed by atoms with Crippen LogP contribution in [0.5, 0.6) is 0 Å². The first-order chi connectivity index (χ1) is 44.8. The van der Waals surface area contributed by atoms with Crippen molar-refractivity contribution in [2.24, 2.45) is 5.73 Å². The Kier molecular flexibility index (Phi) is 28.1. The lowest BCUT2D eigenvalue weighted by Crippen LogP contribution is -2.57. The van der Waals surface area contributed by atoms with Crippen molar-refractivity contribution in [1.29, 1.82) is 0 Å². The molecule has 0 saturated carbocycles. The number of rotatable bonds is 11. The van der Waals surface area contributed by atoms with Crippen molar-refractivity contribution in [3.05, 3.63) is 255 Å². The summed E-state index contributed by atoms with van der Waals surface area (Å²) in [4.78, 5) is 26.5. The largest absolute Gasteiger partial charge is 0.450 e. The number of piperazine rings is 3. The van der Waals surface area contributed by atoms with Crippen LogP contribution in [0.3, 0.4) is 0 Å². The molecule has 4 aliphatic rings. The van der Waals surface area contributed by atoms with E-state index in [1.54, 1.807) is 4.90 Å². The Bertz CT molecular complexity index is 3600. The summed E-state index contributed by atoms with van der Waals surface area (Å²) in [5.41, 5.74) is 20.2. The summed E-state index contributed by atoms with van der Waals surface area (Å²) < 4.78 is 5.32. The molecule has 500 valence electrons. The Balaban J connectivity index is 0.000000162. The molecule has 5 atom stereocenters. The second-order valence-electron chi connectivity index (χ2n) is 24.2. The Hall–Kier alpha value is -5.57. The maximum absolute atomic E-state index is 12.7. The van der Waals surface area contributed by atoms with Gasteiger partial charge in [-0.15, -0.1) is 0 Å². The molecule has 0 aromatic heterocycles. The number of likely N-dealkylation sites (N-methyl/N-ethyl adjacent to an activating group) is 1. The van der Waals surface area contributed by atoms with Crippen LogP contribution in [0.4, 0.5) is 27.5 Å². The van der Waals surface area contributed by atoms with Crippen LogP contribution < -0.4 is 30.7 Å². The zero-order valence-electron chi connectivity index (χ0n) is 53.8. The standard InChI is InChI=1S/C22H27Cl2N3O2.C18H20Cl2N2.C18H19Cl2N.C17H18Cl2N2.CH4/c1-3-29-22(28)27-13-12-26(19-9-4-15(2)14-18(19)24)21(20(27)10-11-25)16-5-7-17(23)8-6-16;1-13-11-16(20)7-8-17(13)22-10-9-21(2)12-18(22)14-3-5-15(19)6-4-14;1-13-12-16(20)9-10-17(13)21-11-3-2-4-18(21)14-5-7-15(19)8-6-14;1-12-2-7-16(15(19)10-12)21-9-8-20-11-17(21)13-3-5-14(18)6-4-13;/h4-9,14,20-21H,3,10-13,25H2,1-2H3;3-8,11,18H,9-10,12H2,1-2H3;5-10,12,18H,2-4,11H2,1H3;2-7,10,17,20H,8-9,11H2,1H3;1H4/t20-,21+;2*18-;17-;/m1000./s1. The van der Waals surface area contributed by atoms with Gasteiger partial charge < -0.3 is 45.2 Å². The van der Waals surface area contributed by atoms with E-state index in [9.17, 15) is 4.79 Å². The maximum Gasteiger partial charge on any atom is 0.410 e. The fourth-order valence-electron chi connectivity index (χ4n) is 13.1. The molecule has 4 heterocycles. The highest BCUT2D eigenvalue weighted by molar-refractivity contribution is 6.34. The number of halogens is 8. The fraction of sp³-hybridized carbons (Fsp3) is 0.355. The molecule has 0 radical (unpaired) electrons. The molecule has 0 bridgehead atoms. The highest BCUT2D eigenvalue weighted by Gasteiger charge is 2.41. The van der Waals surface area contributed by atoms with Gasteiger partial charge in [-0.2, -0.15) is 0 Å². The Morgan fingerprint density at radius 3 is 1.41 bits per heavy atom. The summed E-state index contributed by atoms with van der Waals surface area (Å²) in [6.45, 7) is 19.1. The second kappa shape index (κ2) is 35.6. The molecule has 4 saturated heterocycles. The lowest BCUT2D eigenvalue weighted by Gasteiger charge is -2.48. The number of carbonyl (C=O) groups excluding carboxylic acids is 1. The van der Waals surface area contributed by atoms with Gasteiger partial charge in [-0.3, -0.25) is 0 Å². The van der Waals surface area contributed by atoms with Crippen LogP contribution in [-0.4, -0.2) is 101 Å². The van der Waals surface area contributed by atoms with E-state index in [0.717, 1.165) is 98.5 Å². The Morgan fingerprint density at radius 2 is 0.926 bits per heavy atom. The number of aryl methyl sites for hydroxylation is 4. The summed E-state index contributed by atoms with van der Waals surface area (Å²) in [5.74, 6) is 0. The van der Waals surface area contributed by atoms with E-state index in [4.69, 9.17) is 103 Å². The van der Waals surface area contributed by atoms with E-state index in [2.05, 4.69) is 124 Å². The number of hydrogen-bond donors (Lipinski definition) is 2. The second-order valence-corrected chi connectivity index (χ2v) is 27.7. The van der Waals surface area contributed by atoms with Crippen LogP contribution in [0.1, 0.15) is 109 Å². The number of hydrogen-bond acceptors (Lipinski definition) is 9. The summed E-state index contributed by atoms with van der Waals surface area (Å²) in [6, 6.07) is 57.7. The lowest BCUT2D eigenvalue weighted by molar-refractivity contribution is 0.0723. The van der Waals surface area contributed by atoms with Gasteiger partial charge in [-0.1, -0.05) is 161 Å². The van der Waals surface area contributed by atoms with Crippen LogP contribution in [-0.2, 0) is 4.74 Å². The van der Waals surface area contributed by atoms with Crippen molar-refractivity contribution in [2.45, 2.75) is 97.9 Å². The van der Waals surface area contributed by atoms with Gasteiger partial charge in [0.25, 0.3) is 0 Å². The van der Waals surface area contributed by atoms with Gasteiger partial charge in [0.1, 0.15) is 0 Å². The summed E-state index contributed by atoms with van der Waals surface area (Å²) >= 11 is 49.5. The normalized spacial score (nSPS) is 18.9. The van der Waals surface area contributed by atoms with Crippen molar-refractivity contribution in [3.63, 3.8) is 0 Å². The van der Waals surface area contributed by atoms with Gasteiger partial charge in [0.15, 0.2) is 0 Å². The molecule has 94 heavy (non-hydrogen) atoms. The molecule has 3 N–H and O–H groups in total. The molecule has 18 heteroatoms. The van der Waals surface area contributed by atoms with Crippen molar-refractivity contribution >= 4 is 122 Å². The number of piperidine rings is 1. The third-order valence-electron chi connectivity index (χ3n) is 17.7. The van der Waals surface area contributed by atoms with E-state index in [1.165, 1.54) is 64.0 Å². The lowest BCUT2D eigenvalue weighted by atomic mass is 9.91. The van der Waals surface area contributed by atoms with Gasteiger partial charge in [0.05, 0.1) is 58.2 Å². The van der Waals surface area contributed by atoms with Gasteiger partial charge in [0.2, 0.25) is 0 Å². The molecular formula is C76H88Cl8N8O2. The zero-order chi connectivity index (χ0) is 66.3. The highest BCUT2D eigenvalue weighted by atomic mass is 35.5. The van der Waals surface area contributed by atoms with Gasteiger partial charge in [0, 0.05) is 100 Å². The van der Waals surface area contributed by atoms with Gasteiger partial charge in [-0.05, 0) is 228 Å². The van der Waals surface area contributed by atoms with Gasteiger partial charge in [-0.25, -0.2) is 4.79 Å². The number of amides is 1. The number of benzene rings is 8. The third-order valence-corrected chi connectivity index (χ3v) is 19.8. The van der Waals surface area contributed by atoms with Crippen LogP contribution >= 0.6 is 92.8 Å². The number of carbonyl (C=O) groups is 1. The molecule has 10 nitrogen and oxygen atoms in total. The zero-order valence-corrected chi connectivity index (χ0v) is 59.8. The molecule has 0 unspecified atom stereocenters. The number of nitrogens with two attached hydrogens (primary N) is 1. The molecule has 0 aliphatic carbocycles. The summed E-state index contributed by atoms with van der Waals surface area (Å²) in [5, 5.41) is 9.57. The SMILES string of the molecule is C.CCOC(=O)N1CCN(c2ccc(C)cc2Cl)[C@@H](c2ccc(Cl)cc2)[C@H]1CCN.Cc1cc(Cl)ccc1N1CCCC[C@H]1c1ccc(Cl)cc1.Cc1cc(Cl)ccc1N1CCN(C)C[C@H]1c1ccc(Cl)cc1.Cc1ccc(N2CCNC[C@H]2c2ccc(Cl)cc2)c(Cl)c1. The molecule has 0 spiro atoms. The smallest absolute Gasteiger partial charge is 0.410 e. The van der Waals surface area contributed by atoms with E-state index in [-0.39, 0.29) is 31.6 Å². The maximum atomic E-state index is 12.7. The summed E-state index contributed by atoms with van der Waals surface area (Å²) in [7, 11) is 2.18. The molecule has 4 aliphatic heterocycles. The number of nitrogens with zero attached hydrogens (tertiary/aromatic N) is 6. The van der Waals surface area contributed by atoms with Crippen LogP contribution in [0.2, 0.25) is 40.2 Å². The van der Waals surface area contributed by atoms with E-state index in [1.807, 2.05) is 117 Å². The predicted molar refractivity (Wildman–Crippen MR) is 403 cm³/mol. The molecular weight excluding hydrogens is 1340 g/mol. The Labute approximate surface area is 598 Å². The van der Waals surface area contributed by atoms with Crippen LogP contribution in [0, 0.1) is 27.7 Å². The minimum atomic E-state index is -0.306. The average molecular weight is 1430 g/mol. The van der Waals surface area contributed by atoms with Gasteiger partial charge >= 0.3 is 6.09 Å². The number of ether oxygens (including phenoxy) is 1. The highest BCUT2D eigenvalue weighted by Crippen LogP contribution is 2.42. The van der Waals surface area contributed by atoms with Crippen molar-refractivity contribution < 1.29 is 9.53 Å². The van der Waals surface area contributed by atoms with Crippen molar-refractivity contribution in [2.75, 3.05) is 98.7 Å². The first-order valence-corrected chi connectivity index (χ1v) is 35.0. The fourth-order valence-corrected chi connectivity index (χ4v) is 14.8. The number of anilines is 4. The minimum absolute atomic E-state index is 0. The van der Waals surface area contributed by atoms with Crippen molar-refractivity contribution in [3.8, 4) is 0 Å². The first kappa shape index (κ1) is 74.2. The third kappa shape index (κ3) is 19.4. The first-order valence-electron chi connectivity index (χ1n) is 32.0. The monoisotopic (exact) mass is 1420 g/mol. The molecule has 1 amide bonds. The molecule has 8 aromatic carbocycles. The van der Waals surface area contributed by atoms with E-state index < -0.39 is 0 Å². The summed E-state index contributed by atoms with van der Waals surface area (Å²) in [6.07, 6.45) is 4.04. The quantitative estimate of drug-likeness (QED) is 0.132. The Morgan fingerprint density at radius 1 is 0.489 bits per heavy atom. The van der Waals surface area contributed by atoms with Crippen LogP contribution in [0.15, 0.2) is 170 Å². The average Bonchev–Trinajstić information content (AvgIpc) is 0.792. The molecule has 4 fully saturated rings. The van der Waals surface area contributed by atoms with Crippen molar-refractivity contribution in [1.82, 2.24) is 15.1 Å². The molecule has 12 rings (SSSR count). The minimum Gasteiger partial charge on any atom is -0.450 e.